The third kappa shape index (κ3) is 3.61. The Morgan fingerprint density at radius 3 is 2.70 bits per heavy atom. The third-order valence-electron chi connectivity index (χ3n) is 5.52. The van der Waals surface area contributed by atoms with Crippen LogP contribution in [0.1, 0.15) is 44.9 Å². The number of hydrogen-bond acceptors (Lipinski definition) is 5. The average molecular weight is 386 g/mol. The maximum absolute atomic E-state index is 12.6. The second-order valence-corrected chi connectivity index (χ2v) is 8.22. The molecule has 1 spiro atoms. The van der Waals surface area contributed by atoms with E-state index in [1.165, 1.54) is 11.3 Å². The number of hydrogen-bond donors (Lipinski definition) is 1. The lowest BCUT2D eigenvalue weighted by Gasteiger charge is -2.44. The number of amides is 1. The van der Waals surface area contributed by atoms with Gasteiger partial charge in [0.2, 0.25) is 5.91 Å². The van der Waals surface area contributed by atoms with Crippen LogP contribution >= 0.6 is 11.3 Å². The highest BCUT2D eigenvalue weighted by Crippen LogP contribution is 2.44. The van der Waals surface area contributed by atoms with Gasteiger partial charge in [0.15, 0.2) is 0 Å². The molecule has 0 bridgehead atoms. The van der Waals surface area contributed by atoms with Crippen LogP contribution in [0.15, 0.2) is 30.6 Å². The van der Waals surface area contributed by atoms with Gasteiger partial charge >= 0.3 is 5.97 Å². The molecule has 1 amide bonds. The second-order valence-electron chi connectivity index (χ2n) is 7.08. The molecule has 1 saturated heterocycles. The number of rotatable bonds is 4. The van der Waals surface area contributed by atoms with Crippen LogP contribution in [0.2, 0.25) is 0 Å². The van der Waals surface area contributed by atoms with Crippen LogP contribution in [0.5, 0.6) is 0 Å². The number of piperidine rings is 1. The number of pyridine rings is 1. The van der Waals surface area contributed by atoms with Crippen molar-refractivity contribution in [1.82, 2.24) is 9.88 Å². The molecular formula is C20H22N2O4S. The van der Waals surface area contributed by atoms with Gasteiger partial charge in [-0.15, -0.1) is 11.3 Å². The Hall–Kier alpha value is -2.25. The normalized spacial score (nSPS) is 18.3. The number of aryl methyl sites for hydroxylation is 1. The number of carbonyl (C=O) groups is 2. The number of aromatic carboxylic acids is 1. The average Bonchev–Trinajstić information content (AvgIpc) is 3.14. The monoisotopic (exact) mass is 386 g/mol. The fourth-order valence-electron chi connectivity index (χ4n) is 4.01. The minimum absolute atomic E-state index is 0.161. The quantitative estimate of drug-likeness (QED) is 0.874. The Bertz CT molecular complexity index is 841. The maximum Gasteiger partial charge on any atom is 0.345 e. The van der Waals surface area contributed by atoms with Gasteiger partial charge in [0.05, 0.1) is 12.2 Å². The Morgan fingerprint density at radius 2 is 2.00 bits per heavy atom. The Balaban J connectivity index is 1.40. The van der Waals surface area contributed by atoms with Crippen molar-refractivity contribution >= 4 is 23.2 Å². The first-order valence-corrected chi connectivity index (χ1v) is 10.1. The van der Waals surface area contributed by atoms with Crippen LogP contribution in [-0.4, -0.2) is 46.6 Å². The molecule has 0 radical (unpaired) electrons. The van der Waals surface area contributed by atoms with Gasteiger partial charge in [-0.25, -0.2) is 4.79 Å². The molecular weight excluding hydrogens is 364 g/mol. The molecule has 0 aliphatic carbocycles. The van der Waals surface area contributed by atoms with Crippen molar-refractivity contribution in [1.29, 1.82) is 0 Å². The van der Waals surface area contributed by atoms with E-state index in [0.29, 0.717) is 31.0 Å². The summed E-state index contributed by atoms with van der Waals surface area (Å²) in [6.07, 6.45) is 6.90. The molecule has 0 saturated carbocycles. The number of aromatic nitrogens is 1. The van der Waals surface area contributed by atoms with Gasteiger partial charge in [-0.3, -0.25) is 9.78 Å². The largest absolute Gasteiger partial charge is 0.477 e. The summed E-state index contributed by atoms with van der Waals surface area (Å²) in [4.78, 5) is 31.3. The summed E-state index contributed by atoms with van der Waals surface area (Å²) in [5, 5.41) is 9.30. The molecule has 2 aromatic heterocycles. The number of ether oxygens (including phenoxy) is 1. The molecule has 4 heterocycles. The predicted octanol–water partition coefficient (Wildman–Crippen LogP) is 2.86. The van der Waals surface area contributed by atoms with Crippen LogP contribution in [0.3, 0.4) is 0 Å². The molecule has 4 rings (SSSR count). The molecule has 0 aromatic carbocycles. The fourth-order valence-corrected chi connectivity index (χ4v) is 5.08. The SMILES string of the molecule is O=C(O)c1cc2c(s1)CCOC21CCN(C(=O)CCc2ccncc2)CC1. The van der Waals surface area contributed by atoms with E-state index in [9.17, 15) is 14.7 Å². The third-order valence-corrected chi connectivity index (χ3v) is 6.70. The number of carboxylic acids is 1. The number of carbonyl (C=O) groups excluding carboxylic acids is 1. The van der Waals surface area contributed by atoms with Crippen LogP contribution in [0, 0.1) is 0 Å². The summed E-state index contributed by atoms with van der Waals surface area (Å²) in [5.74, 6) is -0.720. The summed E-state index contributed by atoms with van der Waals surface area (Å²) in [6.45, 7) is 1.91. The minimum atomic E-state index is -0.881. The van der Waals surface area contributed by atoms with Crippen molar-refractivity contribution in [2.45, 2.75) is 37.7 Å². The molecule has 2 aromatic rings. The molecule has 6 nitrogen and oxygen atoms in total. The molecule has 7 heteroatoms. The number of thiophene rings is 1. The Labute approximate surface area is 161 Å². The molecule has 27 heavy (non-hydrogen) atoms. The van der Waals surface area contributed by atoms with Crippen molar-refractivity contribution in [2.75, 3.05) is 19.7 Å². The molecule has 2 aliphatic rings. The van der Waals surface area contributed by atoms with Crippen molar-refractivity contribution in [3.63, 3.8) is 0 Å². The highest BCUT2D eigenvalue weighted by atomic mass is 32.1. The Kier molecular flexibility index (Phi) is 4.97. The van der Waals surface area contributed by atoms with E-state index in [1.807, 2.05) is 17.0 Å². The predicted molar refractivity (Wildman–Crippen MR) is 101 cm³/mol. The zero-order valence-corrected chi connectivity index (χ0v) is 15.8. The van der Waals surface area contributed by atoms with Gasteiger partial charge < -0.3 is 14.7 Å². The molecule has 0 atom stereocenters. The summed E-state index contributed by atoms with van der Waals surface area (Å²) in [5.41, 5.74) is 1.71. The summed E-state index contributed by atoms with van der Waals surface area (Å²) in [6, 6.07) is 5.65. The lowest BCUT2D eigenvalue weighted by atomic mass is 9.82. The minimum Gasteiger partial charge on any atom is -0.477 e. The van der Waals surface area contributed by atoms with Crippen molar-refractivity contribution < 1.29 is 19.4 Å². The van der Waals surface area contributed by atoms with E-state index in [-0.39, 0.29) is 5.91 Å². The topological polar surface area (TPSA) is 79.7 Å². The van der Waals surface area contributed by atoms with Crippen LogP contribution in [0.25, 0.3) is 0 Å². The summed E-state index contributed by atoms with van der Waals surface area (Å²) in [7, 11) is 0. The van der Waals surface area contributed by atoms with E-state index >= 15 is 0 Å². The molecule has 2 aliphatic heterocycles. The van der Waals surface area contributed by atoms with Crippen molar-refractivity contribution in [2.24, 2.45) is 0 Å². The van der Waals surface area contributed by atoms with E-state index in [2.05, 4.69) is 4.98 Å². The lowest BCUT2D eigenvalue weighted by molar-refractivity contribution is -0.140. The fraction of sp³-hybridized carbons (Fsp3) is 0.450. The van der Waals surface area contributed by atoms with Gasteiger partial charge in [-0.2, -0.15) is 0 Å². The highest BCUT2D eigenvalue weighted by Gasteiger charge is 2.43. The number of nitrogens with zero attached hydrogens (tertiary/aromatic N) is 2. The number of fused-ring (bicyclic) bond motifs is 2. The van der Waals surface area contributed by atoms with Gasteiger partial charge in [-0.05, 0) is 48.6 Å². The van der Waals surface area contributed by atoms with Gasteiger partial charge in [0, 0.05) is 43.2 Å². The first kappa shape index (κ1) is 18.1. The van der Waals surface area contributed by atoms with E-state index < -0.39 is 11.6 Å². The summed E-state index contributed by atoms with van der Waals surface area (Å²) >= 11 is 1.36. The zero-order chi connectivity index (χ0) is 18.9. The maximum atomic E-state index is 12.6. The Morgan fingerprint density at radius 1 is 1.26 bits per heavy atom. The van der Waals surface area contributed by atoms with E-state index in [1.54, 1.807) is 18.5 Å². The second kappa shape index (κ2) is 7.40. The first-order chi connectivity index (χ1) is 13.1. The lowest BCUT2D eigenvalue weighted by Crippen LogP contribution is -2.48. The zero-order valence-electron chi connectivity index (χ0n) is 15.0. The molecule has 0 unspecified atom stereocenters. The van der Waals surface area contributed by atoms with Crippen LogP contribution in [-0.2, 0) is 28.0 Å². The van der Waals surface area contributed by atoms with Crippen molar-refractivity contribution in [3.8, 4) is 0 Å². The van der Waals surface area contributed by atoms with Crippen LogP contribution < -0.4 is 0 Å². The highest BCUT2D eigenvalue weighted by molar-refractivity contribution is 7.14. The van der Waals surface area contributed by atoms with Crippen molar-refractivity contribution in [3.05, 3.63) is 51.5 Å². The van der Waals surface area contributed by atoms with E-state index in [4.69, 9.17) is 4.74 Å². The van der Waals surface area contributed by atoms with Gasteiger partial charge in [0.25, 0.3) is 0 Å². The first-order valence-electron chi connectivity index (χ1n) is 9.24. The molecule has 142 valence electrons. The van der Waals surface area contributed by atoms with Crippen LogP contribution in [0.4, 0.5) is 0 Å². The number of likely N-dealkylation sites (tertiary alicyclic amines) is 1. The summed E-state index contributed by atoms with van der Waals surface area (Å²) < 4.78 is 6.15. The molecule has 1 fully saturated rings. The van der Waals surface area contributed by atoms with Gasteiger partial charge in [0.1, 0.15) is 4.88 Å². The van der Waals surface area contributed by atoms with Gasteiger partial charge in [-0.1, -0.05) is 0 Å². The standard InChI is InChI=1S/C20H22N2O4S/c23-18(2-1-14-3-8-21-9-4-14)22-10-6-20(7-11-22)15-13-17(19(24)25)27-16(15)5-12-26-20/h3-4,8-9,13H,1-2,5-7,10-12H2,(H,24,25). The molecule has 1 N–H and O–H groups in total. The van der Waals surface area contributed by atoms with E-state index in [0.717, 1.165) is 41.7 Å². The smallest absolute Gasteiger partial charge is 0.345 e. The number of carboxylic acid groups (broad SMARTS) is 1.